The van der Waals surface area contributed by atoms with Gasteiger partial charge in [0.1, 0.15) is 17.0 Å². The summed E-state index contributed by atoms with van der Waals surface area (Å²) in [7, 11) is 3.18. The van der Waals surface area contributed by atoms with E-state index in [1.165, 1.54) is 0 Å². The molecule has 0 aliphatic heterocycles. The molecular formula is C18H22N2O3. The monoisotopic (exact) mass is 314 g/mol. The molecule has 2 rings (SSSR count). The highest BCUT2D eigenvalue weighted by atomic mass is 16.5. The molecule has 122 valence electrons. The first-order valence-corrected chi connectivity index (χ1v) is 7.50. The summed E-state index contributed by atoms with van der Waals surface area (Å²) in [6.07, 6.45) is 1.94. The molecule has 0 fully saturated rings. The summed E-state index contributed by atoms with van der Waals surface area (Å²) < 4.78 is 12.1. The molecule has 2 aromatic rings. The van der Waals surface area contributed by atoms with E-state index in [1.807, 2.05) is 44.2 Å². The fourth-order valence-corrected chi connectivity index (χ4v) is 2.28. The number of pyridine rings is 1. The zero-order valence-electron chi connectivity index (χ0n) is 13.9. The van der Waals surface area contributed by atoms with Gasteiger partial charge in [0.2, 0.25) is 5.91 Å². The minimum atomic E-state index is -0.0726. The number of methoxy groups -OCH3 is 2. The first kappa shape index (κ1) is 16.8. The largest absolute Gasteiger partial charge is 0.497 e. The average Bonchev–Trinajstić information content (AvgIpc) is 2.54. The van der Waals surface area contributed by atoms with Crippen LogP contribution < -0.4 is 15.0 Å². The molecule has 5 heteroatoms. The van der Waals surface area contributed by atoms with Crippen LogP contribution in [0.5, 0.6) is 11.5 Å². The third-order valence-corrected chi connectivity index (χ3v) is 3.33. The second-order valence-electron chi connectivity index (χ2n) is 5.40. The molecule has 0 unspecified atom stereocenters. The molecule has 0 bridgehead atoms. The lowest BCUT2D eigenvalue weighted by atomic mass is 10.1. The number of hydrogen-bond acceptors (Lipinski definition) is 4. The fraction of sp³-hybridized carbons (Fsp3) is 0.333. The lowest BCUT2D eigenvalue weighted by Crippen LogP contribution is -2.28. The topological polar surface area (TPSA) is 52.8 Å². The maximum absolute atomic E-state index is 12.7. The standard InChI is InChI=1S/C18H22N2O3/c1-13(2)19-17-7-5-6-10-20(17)18(21)12-14-11-15(22-3)8-9-16(14)23-4/h5-11,13H,12H2,1-4H3. The van der Waals surface area contributed by atoms with Gasteiger partial charge < -0.3 is 9.47 Å². The van der Waals surface area contributed by atoms with Crippen molar-refractivity contribution in [2.45, 2.75) is 26.3 Å². The lowest BCUT2D eigenvalue weighted by Gasteiger charge is -2.11. The number of benzene rings is 1. The Morgan fingerprint density at radius 1 is 1.17 bits per heavy atom. The van der Waals surface area contributed by atoms with E-state index in [0.717, 1.165) is 5.56 Å². The van der Waals surface area contributed by atoms with Gasteiger partial charge in [0.25, 0.3) is 0 Å². The lowest BCUT2D eigenvalue weighted by molar-refractivity contribution is 0.0907. The summed E-state index contributed by atoms with van der Waals surface area (Å²) in [5.74, 6) is 1.29. The van der Waals surface area contributed by atoms with E-state index in [9.17, 15) is 4.79 Å². The fourth-order valence-electron chi connectivity index (χ4n) is 2.28. The second-order valence-corrected chi connectivity index (χ2v) is 5.40. The van der Waals surface area contributed by atoms with Gasteiger partial charge in [0.15, 0.2) is 0 Å². The third kappa shape index (κ3) is 4.22. The number of ether oxygens (including phenoxy) is 2. The summed E-state index contributed by atoms with van der Waals surface area (Å²) in [6, 6.07) is 11.1. The van der Waals surface area contributed by atoms with Crippen molar-refractivity contribution >= 4 is 5.91 Å². The number of hydrogen-bond donors (Lipinski definition) is 0. The van der Waals surface area contributed by atoms with E-state index in [-0.39, 0.29) is 18.4 Å². The first-order chi connectivity index (χ1) is 11.0. The Kier molecular flexibility index (Phi) is 5.57. The normalized spacial score (nSPS) is 11.6. The minimum Gasteiger partial charge on any atom is -0.497 e. The van der Waals surface area contributed by atoms with Crippen molar-refractivity contribution in [2.24, 2.45) is 4.99 Å². The van der Waals surface area contributed by atoms with Gasteiger partial charge in [-0.15, -0.1) is 0 Å². The van der Waals surface area contributed by atoms with Gasteiger partial charge in [-0.3, -0.25) is 14.4 Å². The van der Waals surface area contributed by atoms with Crippen LogP contribution in [0, 0.1) is 0 Å². The molecule has 0 amide bonds. The highest BCUT2D eigenvalue weighted by Crippen LogP contribution is 2.24. The van der Waals surface area contributed by atoms with E-state index in [2.05, 4.69) is 4.99 Å². The first-order valence-electron chi connectivity index (χ1n) is 7.50. The molecule has 1 aromatic heterocycles. The molecule has 0 aliphatic rings. The van der Waals surface area contributed by atoms with E-state index >= 15 is 0 Å². The SMILES string of the molecule is COc1ccc(OC)c(CC(=O)n2ccccc2=NC(C)C)c1. The zero-order valence-corrected chi connectivity index (χ0v) is 13.9. The number of carbonyl (C=O) groups is 1. The van der Waals surface area contributed by atoms with Gasteiger partial charge >= 0.3 is 0 Å². The van der Waals surface area contributed by atoms with E-state index in [1.54, 1.807) is 31.0 Å². The van der Waals surface area contributed by atoms with Gasteiger partial charge in [-0.05, 0) is 44.2 Å². The molecule has 23 heavy (non-hydrogen) atoms. The number of rotatable bonds is 5. The molecule has 1 heterocycles. The van der Waals surface area contributed by atoms with E-state index in [4.69, 9.17) is 9.47 Å². The van der Waals surface area contributed by atoms with Crippen molar-refractivity contribution < 1.29 is 14.3 Å². The van der Waals surface area contributed by atoms with E-state index in [0.29, 0.717) is 17.0 Å². The summed E-state index contributed by atoms with van der Waals surface area (Å²) in [5.41, 5.74) is 1.43. The van der Waals surface area contributed by atoms with Crippen LogP contribution in [0.3, 0.4) is 0 Å². The molecule has 0 aliphatic carbocycles. The van der Waals surface area contributed by atoms with Gasteiger partial charge in [-0.25, -0.2) is 0 Å². The van der Waals surface area contributed by atoms with Gasteiger partial charge in [0.05, 0.1) is 20.6 Å². The molecule has 0 atom stereocenters. The Labute approximate surface area is 136 Å². The van der Waals surface area contributed by atoms with Crippen molar-refractivity contribution in [1.29, 1.82) is 0 Å². The number of aromatic nitrogens is 1. The molecular weight excluding hydrogens is 292 g/mol. The Bertz CT molecular complexity index is 748. The highest BCUT2D eigenvalue weighted by molar-refractivity contribution is 5.81. The van der Waals surface area contributed by atoms with Gasteiger partial charge in [-0.2, -0.15) is 0 Å². The molecule has 0 spiro atoms. The Morgan fingerprint density at radius 2 is 1.96 bits per heavy atom. The van der Waals surface area contributed by atoms with Crippen LogP contribution in [-0.2, 0) is 6.42 Å². The Hall–Kier alpha value is -2.56. The number of carbonyl (C=O) groups excluding carboxylic acids is 1. The van der Waals surface area contributed by atoms with Crippen molar-refractivity contribution in [2.75, 3.05) is 14.2 Å². The van der Waals surface area contributed by atoms with Crippen LogP contribution in [-0.4, -0.2) is 30.7 Å². The average molecular weight is 314 g/mol. The number of nitrogens with zero attached hydrogens (tertiary/aromatic N) is 2. The van der Waals surface area contributed by atoms with Gasteiger partial charge in [0, 0.05) is 17.8 Å². The van der Waals surface area contributed by atoms with Crippen molar-refractivity contribution in [3.8, 4) is 11.5 Å². The predicted octanol–water partition coefficient (Wildman–Crippen LogP) is 2.70. The van der Waals surface area contributed by atoms with Crippen LogP contribution in [0.15, 0.2) is 47.6 Å². The quantitative estimate of drug-likeness (QED) is 0.852. The molecule has 0 saturated carbocycles. The van der Waals surface area contributed by atoms with Crippen LogP contribution in [0.1, 0.15) is 24.2 Å². The second kappa shape index (κ2) is 7.63. The van der Waals surface area contributed by atoms with Crippen LogP contribution in [0.4, 0.5) is 0 Å². The summed E-state index contributed by atoms with van der Waals surface area (Å²) >= 11 is 0. The molecule has 5 nitrogen and oxygen atoms in total. The molecule has 0 N–H and O–H groups in total. The maximum atomic E-state index is 12.7. The third-order valence-electron chi connectivity index (χ3n) is 3.33. The van der Waals surface area contributed by atoms with E-state index < -0.39 is 0 Å². The van der Waals surface area contributed by atoms with Crippen molar-refractivity contribution in [3.63, 3.8) is 0 Å². The van der Waals surface area contributed by atoms with Crippen LogP contribution in [0.2, 0.25) is 0 Å². The highest BCUT2D eigenvalue weighted by Gasteiger charge is 2.12. The Balaban J connectivity index is 2.37. The van der Waals surface area contributed by atoms with Gasteiger partial charge in [-0.1, -0.05) is 6.07 Å². The van der Waals surface area contributed by atoms with Crippen LogP contribution >= 0.6 is 0 Å². The Morgan fingerprint density at radius 3 is 2.61 bits per heavy atom. The van der Waals surface area contributed by atoms with Crippen molar-refractivity contribution in [3.05, 3.63) is 53.6 Å². The minimum absolute atomic E-state index is 0.0726. The smallest absolute Gasteiger partial charge is 0.236 e. The zero-order chi connectivity index (χ0) is 16.8. The molecule has 0 saturated heterocycles. The van der Waals surface area contributed by atoms with Crippen LogP contribution in [0.25, 0.3) is 0 Å². The summed E-state index contributed by atoms with van der Waals surface area (Å²) in [6.45, 7) is 3.96. The predicted molar refractivity (Wildman–Crippen MR) is 89.0 cm³/mol. The molecule has 1 aromatic carbocycles. The summed E-state index contributed by atoms with van der Waals surface area (Å²) in [4.78, 5) is 17.2. The molecule has 0 radical (unpaired) electrons. The maximum Gasteiger partial charge on any atom is 0.236 e. The van der Waals surface area contributed by atoms with Crippen molar-refractivity contribution in [1.82, 2.24) is 4.57 Å². The summed E-state index contributed by atoms with van der Waals surface area (Å²) in [5, 5.41) is 0.